The highest BCUT2D eigenvalue weighted by Crippen LogP contribution is 2.30. The molecular weight excluding hydrogens is 398 g/mol. The van der Waals surface area contributed by atoms with Crippen LogP contribution in [0.4, 0.5) is 5.69 Å². The van der Waals surface area contributed by atoms with E-state index in [2.05, 4.69) is 9.97 Å². The highest BCUT2D eigenvalue weighted by Gasteiger charge is 2.23. The number of hydrogen-bond donors (Lipinski definition) is 0. The molecule has 0 fully saturated rings. The second kappa shape index (κ2) is 7.76. The molecule has 0 aliphatic carbocycles. The lowest BCUT2D eigenvalue weighted by molar-refractivity contribution is 0.468. The van der Waals surface area contributed by atoms with Crippen LogP contribution in [0.15, 0.2) is 78.0 Å². The molecule has 7 heteroatoms. The number of nitrogens with zero attached hydrogens (tertiary/aromatic N) is 3. The van der Waals surface area contributed by atoms with Gasteiger partial charge in [0.25, 0.3) is 10.0 Å². The van der Waals surface area contributed by atoms with Crippen LogP contribution >= 0.6 is 0 Å². The van der Waals surface area contributed by atoms with Crippen LogP contribution < -0.4 is 9.04 Å². The minimum atomic E-state index is -3.67. The summed E-state index contributed by atoms with van der Waals surface area (Å²) in [7, 11) is -2.13. The quantitative estimate of drug-likeness (QED) is 0.462. The van der Waals surface area contributed by atoms with Crippen LogP contribution in [-0.4, -0.2) is 25.4 Å². The third kappa shape index (κ3) is 3.71. The van der Waals surface area contributed by atoms with Crippen LogP contribution in [0.1, 0.15) is 11.1 Å². The van der Waals surface area contributed by atoms with Crippen molar-refractivity contribution >= 4 is 26.6 Å². The van der Waals surface area contributed by atoms with E-state index in [-0.39, 0.29) is 0 Å². The number of benzene rings is 3. The van der Waals surface area contributed by atoms with Gasteiger partial charge >= 0.3 is 0 Å². The summed E-state index contributed by atoms with van der Waals surface area (Å²) in [5.74, 6) is 1.00. The smallest absolute Gasteiger partial charge is 0.264 e. The second-order valence-electron chi connectivity index (χ2n) is 7.03. The summed E-state index contributed by atoms with van der Waals surface area (Å²) >= 11 is 0. The van der Waals surface area contributed by atoms with Crippen LogP contribution in [0.3, 0.4) is 0 Å². The monoisotopic (exact) mass is 419 g/mol. The molecule has 6 nitrogen and oxygen atoms in total. The van der Waals surface area contributed by atoms with E-state index in [1.165, 1.54) is 10.6 Å². The molecule has 30 heavy (non-hydrogen) atoms. The summed E-state index contributed by atoms with van der Waals surface area (Å²) in [5, 5.41) is 0.804. The molecule has 4 aromatic rings. The zero-order chi connectivity index (χ0) is 21.3. The molecule has 0 amide bonds. The van der Waals surface area contributed by atoms with Crippen molar-refractivity contribution in [2.24, 2.45) is 0 Å². The molecule has 0 atom stereocenters. The third-order valence-electron chi connectivity index (χ3n) is 4.90. The van der Waals surface area contributed by atoms with Gasteiger partial charge in [0, 0.05) is 7.05 Å². The number of ether oxygens (including phenoxy) is 1. The molecule has 3 aromatic carbocycles. The SMILES string of the molecule is Cc1ccc(C)c(S(=O)(=O)N(C)c2ccc(Oc3ncnc4ccccc34)cc2)c1. The lowest BCUT2D eigenvalue weighted by atomic mass is 10.2. The van der Waals surface area contributed by atoms with Crippen molar-refractivity contribution in [1.82, 2.24) is 9.97 Å². The summed E-state index contributed by atoms with van der Waals surface area (Å²) in [5.41, 5.74) is 2.94. The van der Waals surface area contributed by atoms with Crippen molar-refractivity contribution in [3.8, 4) is 11.6 Å². The maximum Gasteiger partial charge on any atom is 0.264 e. The molecule has 1 heterocycles. The Hall–Kier alpha value is -3.45. The Balaban J connectivity index is 1.61. The summed E-state index contributed by atoms with van der Waals surface area (Å²) in [6, 6.07) is 19.9. The van der Waals surface area contributed by atoms with Gasteiger partial charge in [-0.15, -0.1) is 0 Å². The van der Waals surface area contributed by atoms with Crippen molar-refractivity contribution in [1.29, 1.82) is 0 Å². The van der Waals surface area contributed by atoms with Gasteiger partial charge in [0.15, 0.2) is 0 Å². The molecule has 0 spiro atoms. The summed E-state index contributed by atoms with van der Waals surface area (Å²) in [6.45, 7) is 3.67. The third-order valence-corrected chi connectivity index (χ3v) is 6.83. The summed E-state index contributed by atoms with van der Waals surface area (Å²) in [6.07, 6.45) is 1.45. The van der Waals surface area contributed by atoms with Crippen LogP contribution in [-0.2, 0) is 10.0 Å². The summed E-state index contributed by atoms with van der Waals surface area (Å²) in [4.78, 5) is 8.75. The van der Waals surface area contributed by atoms with Gasteiger partial charge in [-0.3, -0.25) is 4.31 Å². The predicted octanol–water partition coefficient (Wildman–Crippen LogP) is 4.86. The van der Waals surface area contributed by atoms with Gasteiger partial charge in [-0.1, -0.05) is 24.3 Å². The minimum Gasteiger partial charge on any atom is -0.438 e. The van der Waals surface area contributed by atoms with E-state index in [0.717, 1.165) is 16.5 Å². The fraction of sp³-hybridized carbons (Fsp3) is 0.130. The van der Waals surface area contributed by atoms with E-state index < -0.39 is 10.0 Å². The lowest BCUT2D eigenvalue weighted by Gasteiger charge is -2.21. The van der Waals surface area contributed by atoms with E-state index >= 15 is 0 Å². The topological polar surface area (TPSA) is 72.4 Å². The number of sulfonamides is 1. The molecule has 0 radical (unpaired) electrons. The second-order valence-corrected chi connectivity index (χ2v) is 8.97. The molecular formula is C23H21N3O3S. The lowest BCUT2D eigenvalue weighted by Crippen LogP contribution is -2.27. The molecule has 0 N–H and O–H groups in total. The van der Waals surface area contributed by atoms with E-state index in [9.17, 15) is 8.42 Å². The predicted molar refractivity (Wildman–Crippen MR) is 118 cm³/mol. The standard InChI is InChI=1S/C23H21N3O3S/c1-16-8-9-17(2)22(14-16)30(27,28)26(3)18-10-12-19(13-11-18)29-23-20-6-4-5-7-21(20)24-15-25-23/h4-15H,1-3H3. The molecule has 0 saturated heterocycles. The van der Waals surface area contributed by atoms with Gasteiger partial charge in [-0.25, -0.2) is 18.4 Å². The fourth-order valence-electron chi connectivity index (χ4n) is 3.17. The number of hydrogen-bond acceptors (Lipinski definition) is 5. The molecule has 4 rings (SSSR count). The van der Waals surface area contributed by atoms with Crippen LogP contribution in [0.25, 0.3) is 10.9 Å². The molecule has 0 saturated carbocycles. The van der Waals surface area contributed by atoms with Crippen LogP contribution in [0, 0.1) is 13.8 Å². The number of para-hydroxylation sites is 1. The van der Waals surface area contributed by atoms with Crippen molar-refractivity contribution in [2.75, 3.05) is 11.4 Å². The van der Waals surface area contributed by atoms with Gasteiger partial charge in [0.2, 0.25) is 5.88 Å². The Kier molecular flexibility index (Phi) is 5.13. The van der Waals surface area contributed by atoms with Crippen LogP contribution in [0.5, 0.6) is 11.6 Å². The molecule has 0 bridgehead atoms. The Morgan fingerprint density at radius 1 is 0.900 bits per heavy atom. The van der Waals surface area contributed by atoms with Crippen molar-refractivity contribution in [3.05, 3.63) is 84.2 Å². The van der Waals surface area contributed by atoms with E-state index in [1.54, 1.807) is 44.3 Å². The first-order valence-electron chi connectivity index (χ1n) is 9.40. The molecule has 152 valence electrons. The fourth-order valence-corrected chi connectivity index (χ4v) is 4.67. The van der Waals surface area contributed by atoms with Crippen LogP contribution in [0.2, 0.25) is 0 Å². The number of fused-ring (bicyclic) bond motifs is 1. The Morgan fingerprint density at radius 2 is 1.63 bits per heavy atom. The maximum absolute atomic E-state index is 13.1. The Bertz CT molecular complexity index is 1310. The van der Waals surface area contributed by atoms with Gasteiger partial charge in [0.05, 0.1) is 21.5 Å². The highest BCUT2D eigenvalue weighted by atomic mass is 32.2. The molecule has 1 aromatic heterocycles. The van der Waals surface area contributed by atoms with Gasteiger partial charge < -0.3 is 4.74 Å². The van der Waals surface area contributed by atoms with Crippen molar-refractivity contribution in [3.63, 3.8) is 0 Å². The van der Waals surface area contributed by atoms with Crippen molar-refractivity contribution in [2.45, 2.75) is 18.7 Å². The number of aryl methyl sites for hydroxylation is 2. The first-order valence-corrected chi connectivity index (χ1v) is 10.8. The maximum atomic E-state index is 13.1. The molecule has 0 aliphatic rings. The molecule has 0 unspecified atom stereocenters. The number of anilines is 1. The van der Waals surface area contributed by atoms with E-state index in [0.29, 0.717) is 27.8 Å². The highest BCUT2D eigenvalue weighted by molar-refractivity contribution is 7.92. The van der Waals surface area contributed by atoms with Crippen molar-refractivity contribution < 1.29 is 13.2 Å². The Labute approximate surface area is 175 Å². The summed E-state index contributed by atoms with van der Waals surface area (Å²) < 4.78 is 33.4. The van der Waals surface area contributed by atoms with Gasteiger partial charge in [-0.05, 0) is 67.4 Å². The van der Waals surface area contributed by atoms with E-state index in [1.807, 2.05) is 43.3 Å². The normalized spacial score (nSPS) is 11.4. The van der Waals surface area contributed by atoms with E-state index in [4.69, 9.17) is 4.74 Å². The Morgan fingerprint density at radius 3 is 2.40 bits per heavy atom. The largest absolute Gasteiger partial charge is 0.438 e. The zero-order valence-electron chi connectivity index (χ0n) is 16.9. The first-order chi connectivity index (χ1) is 14.4. The average Bonchev–Trinajstić information content (AvgIpc) is 2.75. The minimum absolute atomic E-state index is 0.304. The number of aromatic nitrogens is 2. The van der Waals surface area contributed by atoms with Gasteiger partial charge in [0.1, 0.15) is 12.1 Å². The van der Waals surface area contributed by atoms with Gasteiger partial charge in [-0.2, -0.15) is 0 Å². The average molecular weight is 420 g/mol. The molecule has 0 aliphatic heterocycles. The zero-order valence-corrected chi connectivity index (χ0v) is 17.7. The number of rotatable bonds is 5. The first kappa shape index (κ1) is 19.8.